The van der Waals surface area contributed by atoms with Crippen LogP contribution in [0.3, 0.4) is 0 Å². The smallest absolute Gasteiger partial charge is 0.0110 e. The minimum absolute atomic E-state index is 0. The first-order valence-electron chi connectivity index (χ1n) is 13.6. The van der Waals surface area contributed by atoms with Crippen molar-refractivity contribution in [2.45, 2.75) is 104 Å². The Morgan fingerprint density at radius 1 is 0.485 bits per heavy atom. The highest BCUT2D eigenvalue weighted by atomic mass is 35.5. The third-order valence-electron chi connectivity index (χ3n) is 7.22. The molecule has 0 aliphatic heterocycles. The summed E-state index contributed by atoms with van der Waals surface area (Å²) in [5.74, 6) is 0. The first kappa shape index (κ1) is 38.2. The van der Waals surface area contributed by atoms with Crippen molar-refractivity contribution in [1.29, 1.82) is 0 Å². The Morgan fingerprint density at radius 3 is 1.18 bits per heavy atom. The van der Waals surface area contributed by atoms with E-state index in [0.717, 1.165) is 12.6 Å². The van der Waals surface area contributed by atoms with E-state index < -0.39 is 0 Å². The third-order valence-corrected chi connectivity index (χ3v) is 7.22. The Morgan fingerprint density at radius 2 is 0.818 bits per heavy atom. The molecule has 0 saturated heterocycles. The van der Waals surface area contributed by atoms with Gasteiger partial charge in [-0.1, -0.05) is 85.5 Å². The monoisotopic (exact) mass is 532 g/mol. The standard InChI is InChI=1S/C26H56N4.3ClH/c1-5-28(6-2)22-24-30(25-23-29(7-3)8-4)21-20-27-26-18-16-14-12-10-9-11-13-15-17-19-26;;;/h26-27H,5-25H2,1-4H3;3*1H. The summed E-state index contributed by atoms with van der Waals surface area (Å²) in [5.41, 5.74) is 0. The van der Waals surface area contributed by atoms with Gasteiger partial charge in [-0.3, -0.25) is 4.90 Å². The molecular formula is C26H59Cl3N4. The summed E-state index contributed by atoms with van der Waals surface area (Å²) in [6.45, 7) is 21.0. The predicted octanol–water partition coefficient (Wildman–Crippen LogP) is 6.50. The highest BCUT2D eigenvalue weighted by molar-refractivity contribution is 5.86. The highest BCUT2D eigenvalue weighted by Gasteiger charge is 2.12. The highest BCUT2D eigenvalue weighted by Crippen LogP contribution is 2.16. The third kappa shape index (κ3) is 20.6. The van der Waals surface area contributed by atoms with E-state index in [-0.39, 0.29) is 37.2 Å². The van der Waals surface area contributed by atoms with Crippen LogP contribution in [0, 0.1) is 0 Å². The van der Waals surface area contributed by atoms with Crippen LogP contribution in [0.4, 0.5) is 0 Å². The molecule has 1 aliphatic carbocycles. The lowest BCUT2D eigenvalue weighted by Crippen LogP contribution is -2.43. The van der Waals surface area contributed by atoms with Gasteiger partial charge in [0, 0.05) is 45.3 Å². The maximum atomic E-state index is 3.97. The summed E-state index contributed by atoms with van der Waals surface area (Å²) in [5, 5.41) is 3.97. The van der Waals surface area contributed by atoms with E-state index in [2.05, 4.69) is 47.7 Å². The zero-order valence-electron chi connectivity index (χ0n) is 22.5. The molecule has 0 radical (unpaired) electrons. The van der Waals surface area contributed by atoms with E-state index in [1.165, 1.54) is 130 Å². The molecule has 1 fully saturated rings. The Bertz CT molecular complexity index is 341. The second kappa shape index (κ2) is 27.3. The molecule has 1 aliphatic rings. The summed E-state index contributed by atoms with van der Waals surface area (Å²) in [4.78, 5) is 7.83. The zero-order chi connectivity index (χ0) is 21.9. The summed E-state index contributed by atoms with van der Waals surface area (Å²) in [7, 11) is 0. The number of nitrogens with zero attached hydrogens (tertiary/aromatic N) is 3. The van der Waals surface area contributed by atoms with Crippen molar-refractivity contribution in [1.82, 2.24) is 20.0 Å². The number of rotatable bonds is 14. The van der Waals surface area contributed by atoms with Gasteiger partial charge in [0.25, 0.3) is 0 Å². The lowest BCUT2D eigenvalue weighted by atomic mass is 9.98. The van der Waals surface area contributed by atoms with Gasteiger partial charge in [-0.25, -0.2) is 0 Å². The van der Waals surface area contributed by atoms with Crippen molar-refractivity contribution < 1.29 is 0 Å². The van der Waals surface area contributed by atoms with Crippen molar-refractivity contribution in [2.75, 3.05) is 65.4 Å². The molecule has 1 rings (SSSR count). The fourth-order valence-electron chi connectivity index (χ4n) is 4.77. The maximum absolute atomic E-state index is 3.97. The van der Waals surface area contributed by atoms with E-state index in [4.69, 9.17) is 0 Å². The zero-order valence-corrected chi connectivity index (χ0v) is 24.9. The Balaban J connectivity index is -0.00000300. The lowest BCUT2D eigenvalue weighted by molar-refractivity contribution is 0.184. The maximum Gasteiger partial charge on any atom is 0.0110 e. The van der Waals surface area contributed by atoms with E-state index >= 15 is 0 Å². The average Bonchev–Trinajstić information content (AvgIpc) is 2.76. The minimum Gasteiger partial charge on any atom is -0.313 e. The number of likely N-dealkylation sites (N-methyl/N-ethyl adjacent to an activating group) is 2. The lowest BCUT2D eigenvalue weighted by Gasteiger charge is -2.29. The van der Waals surface area contributed by atoms with Gasteiger partial charge in [0.1, 0.15) is 0 Å². The minimum atomic E-state index is 0. The number of hydrogen-bond acceptors (Lipinski definition) is 4. The summed E-state index contributed by atoms with van der Waals surface area (Å²) >= 11 is 0. The van der Waals surface area contributed by atoms with Crippen LogP contribution in [0.25, 0.3) is 0 Å². The first-order valence-corrected chi connectivity index (χ1v) is 13.6. The molecule has 1 saturated carbocycles. The van der Waals surface area contributed by atoms with E-state index in [1.54, 1.807) is 0 Å². The molecule has 0 spiro atoms. The fraction of sp³-hybridized carbons (Fsp3) is 1.00. The Labute approximate surface area is 226 Å². The van der Waals surface area contributed by atoms with Crippen LogP contribution in [-0.4, -0.2) is 86.2 Å². The molecule has 0 atom stereocenters. The van der Waals surface area contributed by atoms with Gasteiger partial charge in [-0.2, -0.15) is 0 Å². The average molecular weight is 534 g/mol. The molecule has 0 unspecified atom stereocenters. The molecule has 0 aromatic rings. The van der Waals surface area contributed by atoms with Gasteiger partial charge < -0.3 is 15.1 Å². The fourth-order valence-corrected chi connectivity index (χ4v) is 4.77. The van der Waals surface area contributed by atoms with Gasteiger partial charge in [0.15, 0.2) is 0 Å². The van der Waals surface area contributed by atoms with E-state index in [9.17, 15) is 0 Å². The Hall–Kier alpha value is 0.710. The Kier molecular flexibility index (Phi) is 31.6. The van der Waals surface area contributed by atoms with Gasteiger partial charge in [-0.05, 0) is 39.0 Å². The molecule has 33 heavy (non-hydrogen) atoms. The van der Waals surface area contributed by atoms with E-state index in [1.807, 2.05) is 0 Å². The number of hydrogen-bond donors (Lipinski definition) is 1. The van der Waals surface area contributed by atoms with Crippen molar-refractivity contribution >= 4 is 37.2 Å². The van der Waals surface area contributed by atoms with Crippen LogP contribution >= 0.6 is 37.2 Å². The molecule has 0 amide bonds. The predicted molar refractivity (Wildman–Crippen MR) is 156 cm³/mol. The molecule has 204 valence electrons. The van der Waals surface area contributed by atoms with Crippen LogP contribution in [0.5, 0.6) is 0 Å². The number of halogens is 3. The van der Waals surface area contributed by atoms with Gasteiger partial charge in [0.05, 0.1) is 0 Å². The van der Waals surface area contributed by atoms with Crippen LogP contribution in [0.2, 0.25) is 0 Å². The summed E-state index contributed by atoms with van der Waals surface area (Å²) in [6, 6.07) is 0.747. The molecule has 0 aromatic heterocycles. The quantitative estimate of drug-likeness (QED) is 0.275. The van der Waals surface area contributed by atoms with Crippen LogP contribution < -0.4 is 5.32 Å². The molecule has 4 nitrogen and oxygen atoms in total. The van der Waals surface area contributed by atoms with Crippen LogP contribution in [0.1, 0.15) is 98.3 Å². The van der Waals surface area contributed by atoms with Crippen molar-refractivity contribution in [3.05, 3.63) is 0 Å². The van der Waals surface area contributed by atoms with Crippen molar-refractivity contribution in [3.63, 3.8) is 0 Å². The first-order chi connectivity index (χ1) is 14.7. The second-order valence-electron chi connectivity index (χ2n) is 9.31. The molecular weight excluding hydrogens is 475 g/mol. The topological polar surface area (TPSA) is 21.8 Å². The van der Waals surface area contributed by atoms with Gasteiger partial charge >= 0.3 is 0 Å². The molecule has 0 aromatic carbocycles. The molecule has 1 N–H and O–H groups in total. The van der Waals surface area contributed by atoms with Crippen LogP contribution in [-0.2, 0) is 0 Å². The van der Waals surface area contributed by atoms with E-state index in [0.29, 0.717) is 0 Å². The molecule has 0 bridgehead atoms. The van der Waals surface area contributed by atoms with Crippen LogP contribution in [0.15, 0.2) is 0 Å². The van der Waals surface area contributed by atoms with Gasteiger partial charge in [-0.15, -0.1) is 37.2 Å². The van der Waals surface area contributed by atoms with Crippen molar-refractivity contribution in [2.24, 2.45) is 0 Å². The normalized spacial score (nSPS) is 16.5. The molecule has 7 heteroatoms. The van der Waals surface area contributed by atoms with Gasteiger partial charge in [0.2, 0.25) is 0 Å². The van der Waals surface area contributed by atoms with Crippen molar-refractivity contribution in [3.8, 4) is 0 Å². The SMILES string of the molecule is CCN(CC)CCN(CCNC1CCCCCCCCCCC1)CCN(CC)CC.Cl.Cl.Cl. The molecule has 0 heterocycles. The summed E-state index contributed by atoms with van der Waals surface area (Å²) < 4.78 is 0. The second-order valence-corrected chi connectivity index (χ2v) is 9.31. The largest absolute Gasteiger partial charge is 0.313 e. The summed E-state index contributed by atoms with van der Waals surface area (Å²) in [6.07, 6.45) is 15.8. The number of nitrogens with one attached hydrogen (secondary N) is 1.